The zero-order valence-electron chi connectivity index (χ0n) is 10.7. The van der Waals surface area contributed by atoms with Gasteiger partial charge in [-0.15, -0.1) is 0 Å². The Bertz CT molecular complexity index is 485. The van der Waals surface area contributed by atoms with Crippen molar-refractivity contribution in [3.05, 3.63) is 28.8 Å². The maximum atomic E-state index is 12.1. The highest BCUT2D eigenvalue weighted by Crippen LogP contribution is 2.20. The van der Waals surface area contributed by atoms with E-state index in [0.29, 0.717) is 31.2 Å². The first-order chi connectivity index (χ1) is 9.10. The third kappa shape index (κ3) is 3.38. The van der Waals surface area contributed by atoms with E-state index in [1.165, 1.54) is 0 Å². The molecular weight excluding hydrogens is 266 g/mol. The lowest BCUT2D eigenvalue weighted by molar-refractivity contribution is -0.119. The summed E-state index contributed by atoms with van der Waals surface area (Å²) in [5.41, 5.74) is 1.68. The van der Waals surface area contributed by atoms with E-state index < -0.39 is 0 Å². The lowest BCUT2D eigenvalue weighted by Crippen LogP contribution is -2.49. The van der Waals surface area contributed by atoms with Crippen LogP contribution in [0.25, 0.3) is 0 Å². The van der Waals surface area contributed by atoms with Crippen LogP contribution in [0.1, 0.15) is 5.56 Å². The largest absolute Gasteiger partial charge is 0.342 e. The van der Waals surface area contributed by atoms with Gasteiger partial charge in [-0.25, -0.2) is 4.79 Å². The van der Waals surface area contributed by atoms with Gasteiger partial charge < -0.3 is 15.1 Å². The summed E-state index contributed by atoms with van der Waals surface area (Å²) in [6.07, 6.45) is 0.816. The lowest BCUT2D eigenvalue weighted by Gasteiger charge is -2.32. The highest BCUT2D eigenvalue weighted by molar-refractivity contribution is 6.31. The molecular formula is C13H16ClN3O2. The Morgan fingerprint density at radius 1 is 1.32 bits per heavy atom. The van der Waals surface area contributed by atoms with Gasteiger partial charge in [0.1, 0.15) is 0 Å². The van der Waals surface area contributed by atoms with Crippen molar-refractivity contribution < 1.29 is 9.59 Å². The van der Waals surface area contributed by atoms with Crippen LogP contribution in [-0.4, -0.2) is 48.4 Å². The number of anilines is 1. The molecule has 1 saturated heterocycles. The van der Waals surface area contributed by atoms with E-state index in [4.69, 9.17) is 11.6 Å². The van der Waals surface area contributed by atoms with Crippen molar-refractivity contribution in [2.75, 3.05) is 31.5 Å². The Balaban J connectivity index is 1.98. The van der Waals surface area contributed by atoms with Crippen LogP contribution >= 0.6 is 11.6 Å². The number of benzene rings is 1. The fraction of sp³-hybridized carbons (Fsp3) is 0.385. The van der Waals surface area contributed by atoms with Gasteiger partial charge in [0.2, 0.25) is 6.41 Å². The number of halogens is 1. The predicted octanol–water partition coefficient (Wildman–Crippen LogP) is 1.95. The molecule has 0 unspecified atom stereocenters. The van der Waals surface area contributed by atoms with Crippen molar-refractivity contribution in [3.8, 4) is 0 Å². The number of aryl methyl sites for hydroxylation is 1. The van der Waals surface area contributed by atoms with Gasteiger partial charge in [0.15, 0.2) is 0 Å². The minimum absolute atomic E-state index is 0.157. The molecule has 2 rings (SSSR count). The van der Waals surface area contributed by atoms with Crippen molar-refractivity contribution in [2.24, 2.45) is 0 Å². The van der Waals surface area contributed by atoms with Gasteiger partial charge in [-0.05, 0) is 24.6 Å². The van der Waals surface area contributed by atoms with E-state index >= 15 is 0 Å². The molecule has 0 aliphatic carbocycles. The van der Waals surface area contributed by atoms with Crippen molar-refractivity contribution in [1.29, 1.82) is 0 Å². The molecule has 1 aromatic rings. The van der Waals surface area contributed by atoms with Crippen LogP contribution in [0.3, 0.4) is 0 Å². The van der Waals surface area contributed by atoms with Gasteiger partial charge in [0.05, 0.1) is 0 Å². The van der Waals surface area contributed by atoms with Gasteiger partial charge in [-0.3, -0.25) is 4.79 Å². The molecule has 0 aromatic heterocycles. The lowest BCUT2D eigenvalue weighted by atomic mass is 10.2. The number of amides is 3. The maximum Gasteiger partial charge on any atom is 0.321 e. The number of urea groups is 1. The summed E-state index contributed by atoms with van der Waals surface area (Å²) in [6.45, 7) is 4.15. The van der Waals surface area contributed by atoms with Crippen molar-refractivity contribution in [3.63, 3.8) is 0 Å². The molecule has 0 bridgehead atoms. The van der Waals surface area contributed by atoms with Crippen molar-refractivity contribution in [1.82, 2.24) is 9.80 Å². The zero-order valence-corrected chi connectivity index (χ0v) is 11.5. The van der Waals surface area contributed by atoms with E-state index in [-0.39, 0.29) is 6.03 Å². The average Bonchev–Trinajstić information content (AvgIpc) is 2.43. The molecule has 1 fully saturated rings. The van der Waals surface area contributed by atoms with Crippen LogP contribution in [0, 0.1) is 6.92 Å². The molecule has 5 nitrogen and oxygen atoms in total. The average molecular weight is 282 g/mol. The minimum Gasteiger partial charge on any atom is -0.342 e. The van der Waals surface area contributed by atoms with Gasteiger partial charge in [0.25, 0.3) is 0 Å². The number of nitrogens with one attached hydrogen (secondary N) is 1. The molecule has 1 aliphatic heterocycles. The number of carbonyl (C=O) groups is 2. The molecule has 0 radical (unpaired) electrons. The fourth-order valence-corrected chi connectivity index (χ4v) is 2.13. The molecule has 0 atom stereocenters. The Labute approximate surface area is 117 Å². The number of piperazine rings is 1. The van der Waals surface area contributed by atoms with E-state index in [1.807, 2.05) is 13.0 Å². The number of hydrogen-bond acceptors (Lipinski definition) is 2. The smallest absolute Gasteiger partial charge is 0.321 e. The Morgan fingerprint density at radius 3 is 2.63 bits per heavy atom. The normalized spacial score (nSPS) is 15.3. The summed E-state index contributed by atoms with van der Waals surface area (Å²) >= 11 is 5.91. The molecule has 19 heavy (non-hydrogen) atoms. The highest BCUT2D eigenvalue weighted by atomic mass is 35.5. The quantitative estimate of drug-likeness (QED) is 0.843. The molecule has 1 heterocycles. The monoisotopic (exact) mass is 281 g/mol. The van der Waals surface area contributed by atoms with Gasteiger partial charge in [-0.1, -0.05) is 17.7 Å². The maximum absolute atomic E-state index is 12.1. The molecule has 0 saturated carbocycles. The van der Waals surface area contributed by atoms with Crippen LogP contribution < -0.4 is 5.32 Å². The number of carbonyl (C=O) groups excluding carboxylic acids is 2. The number of rotatable bonds is 2. The Kier molecular flexibility index (Phi) is 4.27. The minimum atomic E-state index is -0.157. The van der Waals surface area contributed by atoms with Gasteiger partial charge in [-0.2, -0.15) is 0 Å². The molecule has 0 spiro atoms. The van der Waals surface area contributed by atoms with Crippen LogP contribution in [0.15, 0.2) is 18.2 Å². The number of hydrogen-bond donors (Lipinski definition) is 1. The molecule has 1 aliphatic rings. The first-order valence-corrected chi connectivity index (χ1v) is 6.49. The fourth-order valence-electron chi connectivity index (χ4n) is 1.95. The molecule has 3 amide bonds. The standard InChI is InChI=1S/C13H16ClN3O2/c1-10-2-3-11(14)8-12(10)15-13(19)17-6-4-16(9-18)5-7-17/h2-3,8-9H,4-7H2,1H3,(H,15,19). The molecule has 1 aromatic carbocycles. The Hall–Kier alpha value is -1.75. The van der Waals surface area contributed by atoms with Crippen molar-refractivity contribution >= 4 is 29.7 Å². The summed E-state index contributed by atoms with van der Waals surface area (Å²) < 4.78 is 0. The first-order valence-electron chi connectivity index (χ1n) is 6.11. The van der Waals surface area contributed by atoms with E-state index in [0.717, 1.165) is 17.7 Å². The highest BCUT2D eigenvalue weighted by Gasteiger charge is 2.20. The SMILES string of the molecule is Cc1ccc(Cl)cc1NC(=O)N1CCN(C=O)CC1. The van der Waals surface area contributed by atoms with E-state index in [2.05, 4.69) is 5.32 Å². The summed E-state index contributed by atoms with van der Waals surface area (Å²) in [5.74, 6) is 0. The zero-order chi connectivity index (χ0) is 13.8. The second-order valence-corrected chi connectivity index (χ2v) is 4.95. The van der Waals surface area contributed by atoms with Crippen molar-refractivity contribution in [2.45, 2.75) is 6.92 Å². The third-order valence-electron chi connectivity index (χ3n) is 3.19. The first kappa shape index (κ1) is 13.7. The van der Waals surface area contributed by atoms with Crippen LogP contribution in [0.2, 0.25) is 5.02 Å². The predicted molar refractivity (Wildman–Crippen MR) is 74.4 cm³/mol. The van der Waals surface area contributed by atoms with Gasteiger partial charge >= 0.3 is 6.03 Å². The second kappa shape index (κ2) is 5.93. The van der Waals surface area contributed by atoms with E-state index in [9.17, 15) is 9.59 Å². The summed E-state index contributed by atoms with van der Waals surface area (Å²) in [5, 5.41) is 3.44. The molecule has 1 N–H and O–H groups in total. The van der Waals surface area contributed by atoms with Crippen LogP contribution in [0.5, 0.6) is 0 Å². The summed E-state index contributed by atoms with van der Waals surface area (Å²) in [7, 11) is 0. The second-order valence-electron chi connectivity index (χ2n) is 4.52. The molecule has 6 heteroatoms. The van der Waals surface area contributed by atoms with Crippen LogP contribution in [-0.2, 0) is 4.79 Å². The van der Waals surface area contributed by atoms with E-state index in [1.54, 1.807) is 21.9 Å². The summed E-state index contributed by atoms with van der Waals surface area (Å²) in [6, 6.07) is 5.23. The molecule has 102 valence electrons. The summed E-state index contributed by atoms with van der Waals surface area (Å²) in [4.78, 5) is 26.0. The van der Waals surface area contributed by atoms with Crippen LogP contribution in [0.4, 0.5) is 10.5 Å². The van der Waals surface area contributed by atoms with Gasteiger partial charge in [0, 0.05) is 36.9 Å². The number of nitrogens with zero attached hydrogens (tertiary/aromatic N) is 2. The topological polar surface area (TPSA) is 52.7 Å². The Morgan fingerprint density at radius 2 is 2.00 bits per heavy atom. The third-order valence-corrected chi connectivity index (χ3v) is 3.43.